The van der Waals surface area contributed by atoms with Crippen molar-refractivity contribution < 1.29 is 26.2 Å². The Labute approximate surface area is 85.0 Å². The molecule has 2 nitrogen and oxygen atoms in total. The van der Waals surface area contributed by atoms with E-state index in [0.29, 0.717) is 6.54 Å². The van der Waals surface area contributed by atoms with Gasteiger partial charge in [0.15, 0.2) is 0 Å². The minimum Gasteiger partial charge on any atom is -0.663 e. The van der Waals surface area contributed by atoms with Gasteiger partial charge in [-0.15, -0.1) is 6.54 Å². The zero-order chi connectivity index (χ0) is 8.41. The van der Waals surface area contributed by atoms with E-state index < -0.39 is 0 Å². The molecule has 0 spiro atoms. The summed E-state index contributed by atoms with van der Waals surface area (Å²) >= 11 is 0. The zero-order valence-corrected chi connectivity index (χ0v) is 10.6. The summed E-state index contributed by atoms with van der Waals surface area (Å²) in [5.74, 6) is 0. The first kappa shape index (κ1) is 17.6. The van der Waals surface area contributed by atoms with Crippen molar-refractivity contribution in [2.24, 2.45) is 0 Å². The fourth-order valence-electron chi connectivity index (χ4n) is 0.264. The number of hydrogen-bond donors (Lipinski definition) is 1. The van der Waals surface area contributed by atoms with Crippen molar-refractivity contribution in [2.75, 3.05) is 13.6 Å². The van der Waals surface area contributed by atoms with Gasteiger partial charge in [-0.1, -0.05) is 13.3 Å². The summed E-state index contributed by atoms with van der Waals surface area (Å²) in [4.78, 5) is 0. The third kappa shape index (κ3) is 37.0. The Hall–Kier alpha value is 0.608. The molecule has 0 bridgehead atoms. The topological polar surface area (TPSA) is 34.3 Å². The first-order chi connectivity index (χ1) is 4.68. The zero-order valence-electron chi connectivity index (χ0n) is 7.71. The SMILES string of the molecule is C[N-]CC(C)O.[CH2-]CCC.[W+2]. The molecule has 1 N–H and O–H groups in total. The molecule has 0 heterocycles. The second kappa shape index (κ2) is 16.9. The summed E-state index contributed by atoms with van der Waals surface area (Å²) in [7, 11) is 1.69. The Balaban J connectivity index is -0.000000114. The van der Waals surface area contributed by atoms with Crippen LogP contribution >= 0.6 is 0 Å². The van der Waals surface area contributed by atoms with E-state index in [1.165, 1.54) is 6.42 Å². The number of aliphatic hydroxyl groups excluding tert-OH is 1. The van der Waals surface area contributed by atoms with E-state index in [4.69, 9.17) is 5.11 Å². The van der Waals surface area contributed by atoms with Gasteiger partial charge in [-0.05, 0) is 6.92 Å². The predicted octanol–water partition coefficient (Wildman–Crippen LogP) is 1.99. The van der Waals surface area contributed by atoms with Crippen molar-refractivity contribution >= 4 is 0 Å². The van der Waals surface area contributed by atoms with E-state index in [2.05, 4.69) is 19.2 Å². The summed E-state index contributed by atoms with van der Waals surface area (Å²) in [5.41, 5.74) is 0. The Kier molecular flexibility index (Phi) is 27.1. The molecule has 68 valence electrons. The second-order valence-corrected chi connectivity index (χ2v) is 2.20. The van der Waals surface area contributed by atoms with Crippen molar-refractivity contribution in [2.45, 2.75) is 32.8 Å². The minimum atomic E-state index is -0.269. The Bertz CT molecular complexity index is 49.4. The maximum Gasteiger partial charge on any atom is 2.00 e. The molecule has 0 radical (unpaired) electrons. The van der Waals surface area contributed by atoms with E-state index in [1.807, 2.05) is 0 Å². The normalized spacial score (nSPS) is 10.6. The molecule has 0 aromatic carbocycles. The smallest absolute Gasteiger partial charge is 0.663 e. The number of unbranched alkanes of at least 4 members (excludes halogenated alkanes) is 1. The standard InChI is InChI=1S/C4H10NO.C4H9.W/c1-4(6)3-5-2;1-3-4-2;/h4,6H,3H2,1-2H3;1,3-4H2,2H3;/q2*-1;+2. The molecule has 11 heavy (non-hydrogen) atoms. The molecule has 0 fully saturated rings. The Morgan fingerprint density at radius 1 is 1.55 bits per heavy atom. The monoisotopic (exact) mass is 329 g/mol. The molecule has 0 amide bonds. The molecule has 0 aliphatic heterocycles. The van der Waals surface area contributed by atoms with Crippen LogP contribution in [0.15, 0.2) is 0 Å². The van der Waals surface area contributed by atoms with Crippen molar-refractivity contribution in [1.82, 2.24) is 0 Å². The van der Waals surface area contributed by atoms with Gasteiger partial charge in [-0.25, -0.2) is 0 Å². The van der Waals surface area contributed by atoms with Gasteiger partial charge in [0.05, 0.1) is 0 Å². The second-order valence-electron chi connectivity index (χ2n) is 2.20. The van der Waals surface area contributed by atoms with Crippen LogP contribution in [0.5, 0.6) is 0 Å². The van der Waals surface area contributed by atoms with Gasteiger partial charge in [0.2, 0.25) is 0 Å². The van der Waals surface area contributed by atoms with Crippen LogP contribution in [0.2, 0.25) is 0 Å². The summed E-state index contributed by atoms with van der Waals surface area (Å²) < 4.78 is 0. The van der Waals surface area contributed by atoms with Crippen molar-refractivity contribution in [3.05, 3.63) is 12.2 Å². The van der Waals surface area contributed by atoms with Gasteiger partial charge in [-0.3, -0.25) is 0 Å². The van der Waals surface area contributed by atoms with E-state index in [1.54, 1.807) is 14.0 Å². The van der Waals surface area contributed by atoms with Crippen LogP contribution in [-0.2, 0) is 21.1 Å². The van der Waals surface area contributed by atoms with Crippen molar-refractivity contribution in [3.63, 3.8) is 0 Å². The summed E-state index contributed by atoms with van der Waals surface area (Å²) in [6, 6.07) is 0. The van der Waals surface area contributed by atoms with Crippen LogP contribution in [0.4, 0.5) is 0 Å². The average molecular weight is 329 g/mol. The number of nitrogens with zero attached hydrogens (tertiary/aromatic N) is 1. The molecular weight excluding hydrogens is 310 g/mol. The number of rotatable bonds is 3. The van der Waals surface area contributed by atoms with E-state index in [0.717, 1.165) is 6.42 Å². The Morgan fingerprint density at radius 2 is 1.91 bits per heavy atom. The van der Waals surface area contributed by atoms with Crippen LogP contribution in [0.1, 0.15) is 26.7 Å². The maximum atomic E-state index is 8.46. The predicted molar refractivity (Wildman–Crippen MR) is 46.1 cm³/mol. The van der Waals surface area contributed by atoms with Crippen molar-refractivity contribution in [3.8, 4) is 0 Å². The van der Waals surface area contributed by atoms with Gasteiger partial charge in [0, 0.05) is 6.10 Å². The van der Waals surface area contributed by atoms with Gasteiger partial charge < -0.3 is 17.3 Å². The quantitative estimate of drug-likeness (QED) is 0.790. The van der Waals surface area contributed by atoms with Crippen LogP contribution in [0, 0.1) is 6.92 Å². The Morgan fingerprint density at radius 3 is 1.91 bits per heavy atom. The van der Waals surface area contributed by atoms with Crippen LogP contribution in [-0.4, -0.2) is 24.8 Å². The third-order valence-corrected chi connectivity index (χ3v) is 0.800. The van der Waals surface area contributed by atoms with E-state index in [-0.39, 0.29) is 27.2 Å². The molecule has 0 saturated heterocycles. The maximum absolute atomic E-state index is 8.46. The average Bonchev–Trinajstić information content (AvgIpc) is 1.89. The molecule has 0 rings (SSSR count). The molecule has 1 unspecified atom stereocenters. The third-order valence-electron chi connectivity index (χ3n) is 0.800. The molecule has 1 atom stereocenters. The van der Waals surface area contributed by atoms with Crippen LogP contribution < -0.4 is 0 Å². The van der Waals surface area contributed by atoms with Crippen LogP contribution in [0.3, 0.4) is 0 Å². The molecule has 0 aromatic rings. The molecule has 3 heteroatoms. The van der Waals surface area contributed by atoms with Crippen LogP contribution in [0.25, 0.3) is 5.32 Å². The summed E-state index contributed by atoms with van der Waals surface area (Å²) in [6.45, 7) is 7.99. The summed E-state index contributed by atoms with van der Waals surface area (Å²) in [6.07, 6.45) is 2.01. The van der Waals surface area contributed by atoms with Gasteiger partial charge in [0.1, 0.15) is 0 Å². The summed E-state index contributed by atoms with van der Waals surface area (Å²) in [5, 5.41) is 12.1. The first-order valence-corrected chi connectivity index (χ1v) is 3.71. The molecule has 0 saturated carbocycles. The minimum absolute atomic E-state index is 0. The van der Waals surface area contributed by atoms with Gasteiger partial charge in [-0.2, -0.15) is 13.5 Å². The number of hydrogen-bond acceptors (Lipinski definition) is 1. The van der Waals surface area contributed by atoms with E-state index >= 15 is 0 Å². The van der Waals surface area contributed by atoms with E-state index in [9.17, 15) is 0 Å². The van der Waals surface area contributed by atoms with Gasteiger partial charge >= 0.3 is 21.1 Å². The van der Waals surface area contributed by atoms with Gasteiger partial charge in [0.25, 0.3) is 0 Å². The fraction of sp³-hybridized carbons (Fsp3) is 0.875. The molecule has 0 aliphatic rings. The molecule has 0 aromatic heterocycles. The number of aliphatic hydroxyl groups is 1. The molecule has 0 aliphatic carbocycles. The molecular formula is C8H19NOW. The fourth-order valence-corrected chi connectivity index (χ4v) is 0.264. The van der Waals surface area contributed by atoms with Crippen molar-refractivity contribution in [1.29, 1.82) is 0 Å². The first-order valence-electron chi connectivity index (χ1n) is 3.71. The largest absolute Gasteiger partial charge is 2.00 e. The number of likely N-dealkylation sites (N-methyl/N-ethyl adjacent to an activating group) is 1.